The Morgan fingerprint density at radius 1 is 1.48 bits per heavy atom. The summed E-state index contributed by atoms with van der Waals surface area (Å²) in [6.45, 7) is 7.39. The highest BCUT2D eigenvalue weighted by molar-refractivity contribution is 5.77. The number of amides is 1. The molecule has 128 valence electrons. The van der Waals surface area contributed by atoms with E-state index in [2.05, 4.69) is 23.6 Å². The lowest BCUT2D eigenvalue weighted by atomic mass is 9.73. The lowest BCUT2D eigenvalue weighted by Crippen LogP contribution is -2.58. The van der Waals surface area contributed by atoms with E-state index < -0.39 is 0 Å². The minimum atomic E-state index is -0.0271. The summed E-state index contributed by atoms with van der Waals surface area (Å²) in [7, 11) is 0. The maximum absolute atomic E-state index is 12.7. The Hall–Kier alpha value is -1.13. The van der Waals surface area contributed by atoms with Crippen LogP contribution in [0.3, 0.4) is 0 Å². The number of likely N-dealkylation sites (tertiary alicyclic amines) is 1. The lowest BCUT2D eigenvalue weighted by Gasteiger charge is -2.50. The Morgan fingerprint density at radius 3 is 3.17 bits per heavy atom. The first-order valence-corrected chi connectivity index (χ1v) is 8.98. The summed E-state index contributed by atoms with van der Waals surface area (Å²) in [6.07, 6.45) is 12.4. The Bertz CT molecular complexity index is 462. The number of nitrogens with zero attached hydrogens (tertiary/aromatic N) is 1. The Morgan fingerprint density at radius 2 is 2.39 bits per heavy atom. The van der Waals surface area contributed by atoms with Gasteiger partial charge in [-0.15, -0.1) is 6.58 Å². The molecule has 3 rings (SSSR count). The van der Waals surface area contributed by atoms with Crippen LogP contribution >= 0.6 is 0 Å². The first-order chi connectivity index (χ1) is 11.2. The van der Waals surface area contributed by atoms with Gasteiger partial charge in [0.1, 0.15) is 0 Å². The van der Waals surface area contributed by atoms with E-state index in [0.29, 0.717) is 31.5 Å². The number of ether oxygens (including phenoxy) is 2. The molecule has 3 atom stereocenters. The van der Waals surface area contributed by atoms with Crippen molar-refractivity contribution >= 4 is 5.91 Å². The van der Waals surface area contributed by atoms with Gasteiger partial charge < -0.3 is 14.4 Å². The third-order valence-electron chi connectivity index (χ3n) is 5.52. The summed E-state index contributed by atoms with van der Waals surface area (Å²) in [5.41, 5.74) is -0.0271. The molecule has 2 saturated heterocycles. The standard InChI is InChI=1S/C19H29NO3/c1-2-11-22-15-19-9-5-12-23-17(19)8-10-20(14-19)18(21)13-16-6-3-4-7-16/h2-3,6,16-17H,1,4-5,7-15H2/t16-,17-,19-/m1/s1. The molecule has 0 saturated carbocycles. The number of fused-ring (bicyclic) bond motifs is 1. The predicted octanol–water partition coefficient (Wildman–Crippen LogP) is 2.94. The van der Waals surface area contributed by atoms with E-state index >= 15 is 0 Å². The molecule has 0 radical (unpaired) electrons. The zero-order valence-electron chi connectivity index (χ0n) is 14.0. The second-order valence-electron chi connectivity index (χ2n) is 7.20. The van der Waals surface area contributed by atoms with Gasteiger partial charge >= 0.3 is 0 Å². The maximum atomic E-state index is 12.7. The highest BCUT2D eigenvalue weighted by Gasteiger charge is 2.47. The fourth-order valence-corrected chi connectivity index (χ4v) is 4.28. The molecule has 0 bridgehead atoms. The molecule has 4 heteroatoms. The zero-order valence-corrected chi connectivity index (χ0v) is 14.0. The Balaban J connectivity index is 1.63. The second-order valence-corrected chi connectivity index (χ2v) is 7.20. The number of allylic oxidation sites excluding steroid dienone is 2. The van der Waals surface area contributed by atoms with Gasteiger partial charge in [-0.25, -0.2) is 0 Å². The molecule has 1 aliphatic carbocycles. The first-order valence-electron chi connectivity index (χ1n) is 8.98. The van der Waals surface area contributed by atoms with E-state index in [0.717, 1.165) is 51.8 Å². The van der Waals surface area contributed by atoms with Crippen LogP contribution in [0, 0.1) is 11.3 Å². The van der Waals surface area contributed by atoms with Gasteiger partial charge in [-0.2, -0.15) is 0 Å². The SMILES string of the molecule is C=CCOC[C@]12CCCO[C@@H]1CCN(C(=O)C[C@@H]1C=CCC1)C2. The van der Waals surface area contributed by atoms with Gasteiger partial charge in [0.2, 0.25) is 5.91 Å². The first kappa shape index (κ1) is 16.7. The van der Waals surface area contributed by atoms with Crippen molar-refractivity contribution in [3.8, 4) is 0 Å². The fourth-order valence-electron chi connectivity index (χ4n) is 4.28. The van der Waals surface area contributed by atoms with E-state index in [1.807, 2.05) is 0 Å². The van der Waals surface area contributed by atoms with E-state index in [4.69, 9.17) is 9.47 Å². The third kappa shape index (κ3) is 3.86. The van der Waals surface area contributed by atoms with Crippen LogP contribution < -0.4 is 0 Å². The van der Waals surface area contributed by atoms with Crippen molar-refractivity contribution in [2.24, 2.45) is 11.3 Å². The van der Waals surface area contributed by atoms with Gasteiger partial charge in [0.25, 0.3) is 0 Å². The van der Waals surface area contributed by atoms with Crippen LogP contribution in [0.15, 0.2) is 24.8 Å². The van der Waals surface area contributed by atoms with Crippen LogP contribution in [0.2, 0.25) is 0 Å². The molecule has 3 aliphatic rings. The molecule has 0 unspecified atom stereocenters. The van der Waals surface area contributed by atoms with Crippen LogP contribution in [0.4, 0.5) is 0 Å². The van der Waals surface area contributed by atoms with Gasteiger partial charge in [0, 0.05) is 31.5 Å². The second kappa shape index (κ2) is 7.63. The van der Waals surface area contributed by atoms with Crippen LogP contribution in [-0.2, 0) is 14.3 Å². The summed E-state index contributed by atoms with van der Waals surface area (Å²) >= 11 is 0. The van der Waals surface area contributed by atoms with Gasteiger partial charge in [-0.05, 0) is 38.0 Å². The number of carbonyl (C=O) groups is 1. The number of hydrogen-bond acceptors (Lipinski definition) is 3. The van der Waals surface area contributed by atoms with Crippen molar-refractivity contribution in [2.75, 3.05) is 32.9 Å². The van der Waals surface area contributed by atoms with Gasteiger partial charge in [0.15, 0.2) is 0 Å². The normalized spacial score (nSPS) is 33.5. The third-order valence-corrected chi connectivity index (χ3v) is 5.52. The smallest absolute Gasteiger partial charge is 0.223 e. The minimum Gasteiger partial charge on any atom is -0.377 e. The zero-order chi connectivity index (χ0) is 16.1. The molecular formula is C19H29NO3. The van der Waals surface area contributed by atoms with Crippen molar-refractivity contribution in [1.82, 2.24) is 4.90 Å². The molecule has 1 amide bonds. The summed E-state index contributed by atoms with van der Waals surface area (Å²) in [6, 6.07) is 0. The molecule has 0 aromatic rings. The maximum Gasteiger partial charge on any atom is 0.223 e. The number of hydrogen-bond donors (Lipinski definition) is 0. The molecule has 0 N–H and O–H groups in total. The van der Waals surface area contributed by atoms with Crippen molar-refractivity contribution in [1.29, 1.82) is 0 Å². The molecule has 0 aromatic heterocycles. The molecule has 2 aliphatic heterocycles. The molecular weight excluding hydrogens is 290 g/mol. The van der Waals surface area contributed by atoms with E-state index in [9.17, 15) is 4.79 Å². The van der Waals surface area contributed by atoms with E-state index in [1.165, 1.54) is 0 Å². The number of rotatable bonds is 6. The minimum absolute atomic E-state index is 0.0271. The van der Waals surface area contributed by atoms with Gasteiger partial charge in [-0.3, -0.25) is 4.79 Å². The van der Waals surface area contributed by atoms with Crippen molar-refractivity contribution in [3.63, 3.8) is 0 Å². The fraction of sp³-hybridized carbons (Fsp3) is 0.737. The van der Waals surface area contributed by atoms with Crippen molar-refractivity contribution in [2.45, 2.75) is 44.6 Å². The summed E-state index contributed by atoms with van der Waals surface area (Å²) in [5, 5.41) is 0. The van der Waals surface area contributed by atoms with Gasteiger partial charge in [0.05, 0.1) is 19.3 Å². The molecule has 4 nitrogen and oxygen atoms in total. The highest BCUT2D eigenvalue weighted by atomic mass is 16.5. The van der Waals surface area contributed by atoms with Gasteiger partial charge in [-0.1, -0.05) is 18.2 Å². The molecule has 0 aromatic carbocycles. The summed E-state index contributed by atoms with van der Waals surface area (Å²) in [4.78, 5) is 14.8. The Kier molecular flexibility index (Phi) is 5.54. The number of piperidine rings is 1. The molecule has 2 heterocycles. The quantitative estimate of drug-likeness (QED) is 0.558. The highest BCUT2D eigenvalue weighted by Crippen LogP contribution is 2.41. The largest absolute Gasteiger partial charge is 0.377 e. The topological polar surface area (TPSA) is 38.8 Å². The lowest BCUT2D eigenvalue weighted by molar-refractivity contribution is -0.164. The summed E-state index contributed by atoms with van der Waals surface area (Å²) < 4.78 is 11.8. The van der Waals surface area contributed by atoms with Crippen molar-refractivity contribution in [3.05, 3.63) is 24.8 Å². The average Bonchev–Trinajstić information content (AvgIpc) is 3.07. The monoisotopic (exact) mass is 319 g/mol. The molecule has 23 heavy (non-hydrogen) atoms. The van der Waals surface area contributed by atoms with Crippen LogP contribution in [-0.4, -0.2) is 49.8 Å². The molecule has 0 spiro atoms. The van der Waals surface area contributed by atoms with Crippen LogP contribution in [0.1, 0.15) is 38.5 Å². The van der Waals surface area contributed by atoms with Crippen molar-refractivity contribution < 1.29 is 14.3 Å². The number of carbonyl (C=O) groups excluding carboxylic acids is 1. The van der Waals surface area contributed by atoms with E-state index in [1.54, 1.807) is 6.08 Å². The molecule has 2 fully saturated rings. The van der Waals surface area contributed by atoms with E-state index in [-0.39, 0.29) is 11.5 Å². The average molecular weight is 319 g/mol. The summed E-state index contributed by atoms with van der Waals surface area (Å²) in [5.74, 6) is 0.740. The van der Waals surface area contributed by atoms with Crippen LogP contribution in [0.5, 0.6) is 0 Å². The predicted molar refractivity (Wildman–Crippen MR) is 90.1 cm³/mol. The van der Waals surface area contributed by atoms with Crippen LogP contribution in [0.25, 0.3) is 0 Å². The Labute approximate surface area is 139 Å².